The second-order valence-electron chi connectivity index (χ2n) is 6.81. The number of carbonyl (C=O) groups is 2. The average molecular weight is 575 g/mol. The number of ether oxygens (including phenoxy) is 1. The Bertz CT molecular complexity index is 1280. The van der Waals surface area contributed by atoms with E-state index in [1.165, 1.54) is 4.68 Å². The highest BCUT2D eigenvalue weighted by atomic mass is 79.9. The fraction of sp³-hybridized carbons (Fsp3) is 0.211. The molecule has 31 heavy (non-hydrogen) atoms. The zero-order valence-electron chi connectivity index (χ0n) is 16.3. The van der Waals surface area contributed by atoms with E-state index in [9.17, 15) is 18.0 Å². The number of nitrogens with one attached hydrogen (secondary N) is 1. The molecule has 0 fully saturated rings. The summed E-state index contributed by atoms with van der Waals surface area (Å²) in [7, 11) is -3.24. The van der Waals surface area contributed by atoms with E-state index >= 15 is 0 Å². The number of fused-ring (bicyclic) bond motifs is 1. The van der Waals surface area contributed by atoms with Gasteiger partial charge in [-0.2, -0.15) is 5.10 Å². The number of carbonyl (C=O) groups excluding carboxylic acids is 1. The maximum atomic E-state index is 11.7. The molecule has 0 bridgehead atoms. The fourth-order valence-corrected chi connectivity index (χ4v) is 4.88. The number of halogens is 2. The summed E-state index contributed by atoms with van der Waals surface area (Å²) >= 11 is 6.78. The Labute approximate surface area is 194 Å². The molecule has 0 saturated carbocycles. The molecule has 2 aromatic carbocycles. The molecule has 0 aliphatic carbocycles. The normalized spacial score (nSPS) is 11.5. The highest BCUT2D eigenvalue weighted by molar-refractivity contribution is 9.11. The van der Waals surface area contributed by atoms with Crippen molar-refractivity contribution in [3.8, 4) is 11.5 Å². The van der Waals surface area contributed by atoms with Crippen molar-refractivity contribution in [1.82, 2.24) is 9.78 Å². The first-order valence-electron chi connectivity index (χ1n) is 8.76. The highest BCUT2D eigenvalue weighted by Gasteiger charge is 2.16. The molecule has 3 rings (SSSR count). The number of benzene rings is 2. The van der Waals surface area contributed by atoms with Crippen molar-refractivity contribution in [3.05, 3.63) is 45.0 Å². The van der Waals surface area contributed by atoms with Gasteiger partial charge >= 0.3 is 5.97 Å². The molecule has 3 aromatic rings. The van der Waals surface area contributed by atoms with Gasteiger partial charge in [-0.3, -0.25) is 14.3 Å². The van der Waals surface area contributed by atoms with Crippen molar-refractivity contribution in [2.75, 3.05) is 11.6 Å². The van der Waals surface area contributed by atoms with E-state index in [4.69, 9.17) is 9.84 Å². The Morgan fingerprint density at radius 2 is 1.84 bits per heavy atom. The fourth-order valence-electron chi connectivity index (χ4n) is 2.84. The predicted octanol–water partition coefficient (Wildman–Crippen LogP) is 4.08. The van der Waals surface area contributed by atoms with Crippen molar-refractivity contribution >= 4 is 70.2 Å². The van der Waals surface area contributed by atoms with Crippen molar-refractivity contribution in [3.63, 3.8) is 0 Å². The number of aromatic nitrogens is 2. The smallest absolute Gasteiger partial charge is 0.312 e. The lowest BCUT2D eigenvalue weighted by molar-refractivity contribution is -0.139. The second-order valence-corrected chi connectivity index (χ2v) is 10.6. The molecule has 1 heterocycles. The summed E-state index contributed by atoms with van der Waals surface area (Å²) < 4.78 is 31.7. The summed E-state index contributed by atoms with van der Waals surface area (Å²) in [5.74, 6) is -1.14. The summed E-state index contributed by atoms with van der Waals surface area (Å²) in [5, 5.41) is 16.3. The minimum atomic E-state index is -3.24. The number of aryl methyl sites for hydroxylation is 1. The van der Waals surface area contributed by atoms with E-state index in [0.717, 1.165) is 11.6 Å². The van der Waals surface area contributed by atoms with Crippen LogP contribution in [0.25, 0.3) is 10.9 Å². The van der Waals surface area contributed by atoms with Crippen molar-refractivity contribution < 1.29 is 27.9 Å². The van der Waals surface area contributed by atoms with Crippen LogP contribution in [0.15, 0.2) is 39.3 Å². The molecular formula is C19H17Br2N3O6S. The molecule has 0 spiro atoms. The molecule has 9 nitrogen and oxygen atoms in total. The van der Waals surface area contributed by atoms with Gasteiger partial charge in [-0.1, -0.05) is 0 Å². The van der Waals surface area contributed by atoms with E-state index in [2.05, 4.69) is 42.3 Å². The molecule has 0 aliphatic rings. The lowest BCUT2D eigenvalue weighted by atomic mass is 10.2. The number of aliphatic carboxylic acids is 1. The maximum Gasteiger partial charge on any atom is 0.312 e. The van der Waals surface area contributed by atoms with Crippen LogP contribution in [-0.2, 0) is 25.3 Å². The van der Waals surface area contributed by atoms with Gasteiger partial charge in [0.15, 0.2) is 15.6 Å². The average Bonchev–Trinajstić information content (AvgIpc) is 2.91. The van der Waals surface area contributed by atoms with Crippen molar-refractivity contribution in [2.45, 2.75) is 19.2 Å². The van der Waals surface area contributed by atoms with E-state index in [1.807, 2.05) is 0 Å². The monoisotopic (exact) mass is 573 g/mol. The molecule has 0 saturated heterocycles. The molecule has 2 N–H and O–H groups in total. The van der Waals surface area contributed by atoms with Crippen molar-refractivity contribution in [1.29, 1.82) is 0 Å². The Kier molecular flexibility index (Phi) is 6.72. The number of anilines is 1. The standard InChI is InChI=1S/C19H17Br2N3O6S/c1-10-13-7-12(3-4-16(13)23-24(10)9-31(2,28)29)30-19-14(20)5-11(6-15(19)21)22-17(25)8-18(26)27/h3-7H,8-9H2,1-2H3,(H,22,25)(H,26,27). The second kappa shape index (κ2) is 8.97. The Hall–Kier alpha value is -2.44. The van der Waals surface area contributed by atoms with Gasteiger partial charge in [-0.15, -0.1) is 0 Å². The third kappa shape index (κ3) is 5.83. The van der Waals surface area contributed by atoms with Gasteiger partial charge in [-0.05, 0) is 69.1 Å². The minimum Gasteiger partial charge on any atom is -0.481 e. The molecule has 164 valence electrons. The maximum absolute atomic E-state index is 11.7. The van der Waals surface area contributed by atoms with Crippen LogP contribution >= 0.6 is 31.9 Å². The summed E-state index contributed by atoms with van der Waals surface area (Å²) in [4.78, 5) is 22.3. The molecule has 1 amide bonds. The first-order valence-corrected chi connectivity index (χ1v) is 12.4. The number of hydrogen-bond donors (Lipinski definition) is 2. The Balaban J connectivity index is 1.87. The molecular weight excluding hydrogens is 558 g/mol. The van der Waals surface area contributed by atoms with Gasteiger partial charge in [0.25, 0.3) is 0 Å². The Morgan fingerprint density at radius 1 is 1.19 bits per heavy atom. The first kappa shape index (κ1) is 23.2. The summed E-state index contributed by atoms with van der Waals surface area (Å²) in [5.41, 5.74) is 1.73. The molecule has 12 heteroatoms. The number of nitrogens with zero attached hydrogens (tertiary/aromatic N) is 2. The minimum absolute atomic E-state index is 0.212. The van der Waals surface area contributed by atoms with E-state index in [0.29, 0.717) is 37.3 Å². The predicted molar refractivity (Wildman–Crippen MR) is 122 cm³/mol. The third-order valence-electron chi connectivity index (χ3n) is 4.14. The van der Waals surface area contributed by atoms with Gasteiger partial charge in [-0.25, -0.2) is 8.42 Å². The number of carboxylic acid groups (broad SMARTS) is 1. The van der Waals surface area contributed by atoms with E-state index in [-0.39, 0.29) is 5.88 Å². The summed E-state index contributed by atoms with van der Waals surface area (Å²) in [6.45, 7) is 1.78. The van der Waals surface area contributed by atoms with Crippen LogP contribution in [0.5, 0.6) is 11.5 Å². The zero-order valence-corrected chi connectivity index (χ0v) is 20.3. The first-order chi connectivity index (χ1) is 14.4. The number of rotatable bonds is 7. The van der Waals surface area contributed by atoms with Crippen LogP contribution in [0, 0.1) is 6.92 Å². The van der Waals surface area contributed by atoms with Crippen LogP contribution in [0.1, 0.15) is 12.1 Å². The van der Waals surface area contributed by atoms with Gasteiger partial charge < -0.3 is 15.2 Å². The molecule has 0 atom stereocenters. The van der Waals surface area contributed by atoms with Crippen LogP contribution < -0.4 is 10.1 Å². The van der Waals surface area contributed by atoms with Crippen LogP contribution in [0.4, 0.5) is 5.69 Å². The van der Waals surface area contributed by atoms with Crippen LogP contribution in [-0.4, -0.2) is 41.4 Å². The highest BCUT2D eigenvalue weighted by Crippen LogP contribution is 2.40. The molecule has 0 aliphatic heterocycles. The van der Waals surface area contributed by atoms with Crippen LogP contribution in [0.2, 0.25) is 0 Å². The zero-order chi connectivity index (χ0) is 22.9. The van der Waals surface area contributed by atoms with Crippen LogP contribution in [0.3, 0.4) is 0 Å². The van der Waals surface area contributed by atoms with Gasteiger partial charge in [0.05, 0.1) is 14.5 Å². The quantitative estimate of drug-likeness (QED) is 0.407. The largest absolute Gasteiger partial charge is 0.481 e. The lowest BCUT2D eigenvalue weighted by Gasteiger charge is -2.13. The number of hydrogen-bond acceptors (Lipinski definition) is 6. The molecule has 1 aromatic heterocycles. The summed E-state index contributed by atoms with van der Waals surface area (Å²) in [6.07, 6.45) is 0.510. The third-order valence-corrected chi connectivity index (χ3v) is 6.04. The number of sulfone groups is 1. The SMILES string of the molecule is Cc1c2cc(Oc3c(Br)cc(NC(=O)CC(=O)O)cc3Br)ccc2nn1CS(C)(=O)=O. The molecule has 0 radical (unpaired) electrons. The lowest BCUT2D eigenvalue weighted by Crippen LogP contribution is -2.15. The van der Waals surface area contributed by atoms with Crippen molar-refractivity contribution in [2.24, 2.45) is 0 Å². The van der Waals surface area contributed by atoms with Gasteiger partial charge in [0.1, 0.15) is 18.0 Å². The molecule has 0 unspecified atom stereocenters. The van der Waals surface area contributed by atoms with Gasteiger partial charge in [0.2, 0.25) is 5.91 Å². The van der Waals surface area contributed by atoms with E-state index in [1.54, 1.807) is 37.3 Å². The Morgan fingerprint density at radius 3 is 2.42 bits per heavy atom. The summed E-state index contributed by atoms with van der Waals surface area (Å²) in [6, 6.07) is 8.39. The van der Waals surface area contributed by atoms with Gasteiger partial charge in [0, 0.05) is 23.0 Å². The number of amides is 1. The topological polar surface area (TPSA) is 128 Å². The number of carboxylic acids is 1. The van der Waals surface area contributed by atoms with E-state index < -0.39 is 28.1 Å².